The molecule has 3 rings (SSSR count). The molecule has 1 aliphatic heterocycles. The zero-order valence-electron chi connectivity index (χ0n) is 16.6. The van der Waals surface area contributed by atoms with Crippen LogP contribution in [0.4, 0.5) is 0 Å². The average Bonchev–Trinajstić information content (AvgIpc) is 3.26. The Bertz CT molecular complexity index is 781. The van der Waals surface area contributed by atoms with E-state index in [1.807, 2.05) is 50.3 Å². The predicted molar refractivity (Wildman–Crippen MR) is 104 cm³/mol. The molecule has 1 fully saturated rings. The van der Waals surface area contributed by atoms with Crippen LogP contribution in [0.5, 0.6) is 0 Å². The van der Waals surface area contributed by atoms with E-state index in [9.17, 15) is 4.79 Å². The van der Waals surface area contributed by atoms with Gasteiger partial charge in [-0.15, -0.1) is 0 Å². The summed E-state index contributed by atoms with van der Waals surface area (Å²) in [6.45, 7) is 6.67. The van der Waals surface area contributed by atoms with Crippen molar-refractivity contribution in [2.45, 2.75) is 46.0 Å². The SMILES string of the molecule is CCC(=O)OC(C=C(c1ccccc1)n1cncn1)C1(C)COC(CC)OC1. The number of nitrogens with zero attached hydrogens (tertiary/aromatic N) is 3. The van der Waals surface area contributed by atoms with Gasteiger partial charge in [0.1, 0.15) is 18.8 Å². The molecule has 0 saturated carbocycles. The van der Waals surface area contributed by atoms with E-state index in [1.165, 1.54) is 6.33 Å². The van der Waals surface area contributed by atoms with Gasteiger partial charge >= 0.3 is 5.97 Å². The number of hydrogen-bond acceptors (Lipinski definition) is 6. The standard InChI is InChI=1S/C21H27N3O4/c1-4-19(25)28-18(21(3)12-26-20(5-2)27-13-21)11-17(24-15-22-14-23-24)16-9-7-6-8-10-16/h6-11,14-15,18,20H,4-5,12-13H2,1-3H3. The van der Waals surface area contributed by atoms with Crippen LogP contribution in [-0.2, 0) is 19.0 Å². The molecule has 1 unspecified atom stereocenters. The number of hydrogen-bond donors (Lipinski definition) is 0. The zero-order valence-corrected chi connectivity index (χ0v) is 16.6. The van der Waals surface area contributed by atoms with Crippen LogP contribution in [0, 0.1) is 5.41 Å². The Morgan fingerprint density at radius 3 is 2.61 bits per heavy atom. The molecule has 0 radical (unpaired) electrons. The van der Waals surface area contributed by atoms with Gasteiger partial charge in [-0.3, -0.25) is 4.79 Å². The lowest BCUT2D eigenvalue weighted by Gasteiger charge is -2.41. The molecule has 0 N–H and O–H groups in total. The van der Waals surface area contributed by atoms with Crippen molar-refractivity contribution in [3.8, 4) is 0 Å². The molecule has 7 nitrogen and oxygen atoms in total. The molecule has 1 saturated heterocycles. The van der Waals surface area contributed by atoms with Gasteiger partial charge in [-0.1, -0.05) is 51.1 Å². The Balaban J connectivity index is 1.99. The van der Waals surface area contributed by atoms with Crippen molar-refractivity contribution < 1.29 is 19.0 Å². The summed E-state index contributed by atoms with van der Waals surface area (Å²) < 4.78 is 19.2. The van der Waals surface area contributed by atoms with Gasteiger partial charge < -0.3 is 14.2 Å². The molecule has 1 aromatic carbocycles. The fraction of sp³-hybridized carbons (Fsp3) is 0.476. The molecule has 1 aliphatic rings. The molecular weight excluding hydrogens is 358 g/mol. The summed E-state index contributed by atoms with van der Waals surface area (Å²) in [6.07, 6.45) is 5.32. The second kappa shape index (κ2) is 9.12. The van der Waals surface area contributed by atoms with Crippen molar-refractivity contribution in [1.29, 1.82) is 0 Å². The number of carbonyl (C=O) groups excluding carboxylic acids is 1. The van der Waals surface area contributed by atoms with Crippen molar-refractivity contribution in [2.24, 2.45) is 5.41 Å². The number of ether oxygens (including phenoxy) is 3. The molecule has 2 aromatic rings. The minimum Gasteiger partial charge on any atom is -0.457 e. The van der Waals surface area contributed by atoms with Gasteiger partial charge in [0.25, 0.3) is 0 Å². The highest BCUT2D eigenvalue weighted by atomic mass is 16.7. The van der Waals surface area contributed by atoms with Gasteiger partial charge in [0, 0.05) is 12.0 Å². The molecule has 0 aliphatic carbocycles. The number of carbonyl (C=O) groups is 1. The van der Waals surface area contributed by atoms with Crippen LogP contribution >= 0.6 is 0 Å². The van der Waals surface area contributed by atoms with Crippen LogP contribution in [-0.4, -0.2) is 46.3 Å². The van der Waals surface area contributed by atoms with Crippen molar-refractivity contribution in [1.82, 2.24) is 14.8 Å². The molecule has 0 amide bonds. The first kappa shape index (κ1) is 20.2. The molecule has 150 valence electrons. The van der Waals surface area contributed by atoms with Crippen LogP contribution in [0.25, 0.3) is 5.70 Å². The molecule has 0 spiro atoms. The Labute approximate surface area is 165 Å². The first-order chi connectivity index (χ1) is 13.6. The Kier molecular flexibility index (Phi) is 6.59. The topological polar surface area (TPSA) is 75.5 Å². The third-order valence-corrected chi connectivity index (χ3v) is 4.81. The van der Waals surface area contributed by atoms with Crippen LogP contribution in [0.2, 0.25) is 0 Å². The van der Waals surface area contributed by atoms with Crippen LogP contribution in [0.15, 0.2) is 49.1 Å². The minimum atomic E-state index is -0.544. The van der Waals surface area contributed by atoms with Crippen molar-refractivity contribution >= 4 is 11.7 Å². The summed E-state index contributed by atoms with van der Waals surface area (Å²) >= 11 is 0. The molecule has 1 aromatic heterocycles. The summed E-state index contributed by atoms with van der Waals surface area (Å²) in [5.41, 5.74) is 1.21. The summed E-state index contributed by atoms with van der Waals surface area (Å²) in [6, 6.07) is 9.82. The van der Waals surface area contributed by atoms with Crippen LogP contribution in [0.1, 0.15) is 39.2 Å². The molecule has 7 heteroatoms. The van der Waals surface area contributed by atoms with E-state index in [1.54, 1.807) is 17.9 Å². The second-order valence-corrected chi connectivity index (χ2v) is 7.14. The van der Waals surface area contributed by atoms with E-state index in [4.69, 9.17) is 14.2 Å². The van der Waals surface area contributed by atoms with Gasteiger partial charge in [-0.25, -0.2) is 9.67 Å². The number of rotatable bonds is 7. The van der Waals surface area contributed by atoms with Crippen LogP contribution in [0.3, 0.4) is 0 Å². The van der Waals surface area contributed by atoms with Crippen LogP contribution < -0.4 is 0 Å². The summed E-state index contributed by atoms with van der Waals surface area (Å²) in [7, 11) is 0. The Morgan fingerprint density at radius 2 is 2.04 bits per heavy atom. The van der Waals surface area contributed by atoms with Gasteiger partial charge in [0.05, 0.1) is 24.3 Å². The maximum atomic E-state index is 12.2. The molecule has 0 bridgehead atoms. The lowest BCUT2D eigenvalue weighted by atomic mass is 9.84. The average molecular weight is 385 g/mol. The summed E-state index contributed by atoms with van der Waals surface area (Å²) in [5, 5.41) is 4.27. The third kappa shape index (κ3) is 4.66. The van der Waals surface area contributed by atoms with Crippen molar-refractivity contribution in [2.75, 3.05) is 13.2 Å². The van der Waals surface area contributed by atoms with Gasteiger partial charge in [-0.2, -0.15) is 5.10 Å². The van der Waals surface area contributed by atoms with E-state index in [0.717, 1.165) is 17.7 Å². The normalized spacial score (nSPS) is 24.0. The maximum Gasteiger partial charge on any atom is 0.306 e. The van der Waals surface area contributed by atoms with Gasteiger partial charge in [-0.05, 0) is 12.5 Å². The van der Waals surface area contributed by atoms with E-state index in [2.05, 4.69) is 10.1 Å². The largest absolute Gasteiger partial charge is 0.457 e. The number of benzene rings is 1. The zero-order chi connectivity index (χ0) is 20.0. The third-order valence-electron chi connectivity index (χ3n) is 4.81. The number of aromatic nitrogens is 3. The Morgan fingerprint density at radius 1 is 1.32 bits per heavy atom. The molecule has 2 heterocycles. The van der Waals surface area contributed by atoms with E-state index in [-0.39, 0.29) is 12.3 Å². The maximum absolute atomic E-state index is 12.2. The highest BCUT2D eigenvalue weighted by molar-refractivity contribution is 5.70. The summed E-state index contributed by atoms with van der Waals surface area (Å²) in [4.78, 5) is 16.2. The smallest absolute Gasteiger partial charge is 0.306 e. The second-order valence-electron chi connectivity index (χ2n) is 7.14. The van der Waals surface area contributed by atoms with E-state index in [0.29, 0.717) is 19.6 Å². The Hall–Kier alpha value is -2.51. The lowest BCUT2D eigenvalue weighted by molar-refractivity contribution is -0.243. The predicted octanol–water partition coefficient (Wildman–Crippen LogP) is 3.28. The van der Waals surface area contributed by atoms with Gasteiger partial charge in [0.15, 0.2) is 6.29 Å². The van der Waals surface area contributed by atoms with Gasteiger partial charge in [0.2, 0.25) is 0 Å². The first-order valence-electron chi connectivity index (χ1n) is 9.60. The number of esters is 1. The first-order valence-corrected chi connectivity index (χ1v) is 9.60. The lowest BCUT2D eigenvalue weighted by Crippen LogP contribution is -2.48. The highest BCUT2D eigenvalue weighted by Crippen LogP contribution is 2.33. The van der Waals surface area contributed by atoms with Crippen molar-refractivity contribution in [3.05, 3.63) is 54.6 Å². The molecule has 1 atom stereocenters. The fourth-order valence-electron chi connectivity index (χ4n) is 3.05. The summed E-state index contributed by atoms with van der Waals surface area (Å²) in [5.74, 6) is -0.272. The van der Waals surface area contributed by atoms with Crippen molar-refractivity contribution in [3.63, 3.8) is 0 Å². The highest BCUT2D eigenvalue weighted by Gasteiger charge is 2.41. The molecule has 28 heavy (non-hydrogen) atoms. The molecular formula is C21H27N3O4. The van der Waals surface area contributed by atoms with E-state index >= 15 is 0 Å². The van der Waals surface area contributed by atoms with E-state index < -0.39 is 11.5 Å². The monoisotopic (exact) mass is 385 g/mol. The fourth-order valence-corrected chi connectivity index (χ4v) is 3.05. The quantitative estimate of drug-likeness (QED) is 0.681. The minimum absolute atomic E-state index is 0.219.